The molecule has 1 aromatic heterocycles. The van der Waals surface area contributed by atoms with Crippen molar-refractivity contribution in [3.05, 3.63) is 53.1 Å². The highest BCUT2D eigenvalue weighted by molar-refractivity contribution is 7.89. The number of nitrogens with zero attached hydrogens (tertiary/aromatic N) is 2. The summed E-state index contributed by atoms with van der Waals surface area (Å²) in [6.45, 7) is 2.70. The fourth-order valence-electron chi connectivity index (χ4n) is 3.03. The van der Waals surface area contributed by atoms with Crippen LogP contribution in [0.3, 0.4) is 0 Å². The van der Waals surface area contributed by atoms with E-state index in [1.807, 2.05) is 13.1 Å². The SMILES string of the molecule is Cc1cn2c(n1)CCC(NC(=O)c1ccc(CS(C)(=O)=O)cc1)C2. The Balaban J connectivity index is 1.63. The van der Waals surface area contributed by atoms with Gasteiger partial charge in [0.25, 0.3) is 5.91 Å². The molecular weight excluding hydrogens is 326 g/mol. The Bertz CT molecular complexity index is 854. The molecule has 0 saturated heterocycles. The lowest BCUT2D eigenvalue weighted by molar-refractivity contribution is 0.0927. The van der Waals surface area contributed by atoms with Crippen molar-refractivity contribution >= 4 is 15.7 Å². The molecule has 6 nitrogen and oxygen atoms in total. The summed E-state index contributed by atoms with van der Waals surface area (Å²) in [5.41, 5.74) is 2.23. The van der Waals surface area contributed by atoms with Crippen LogP contribution in [0.25, 0.3) is 0 Å². The monoisotopic (exact) mass is 347 g/mol. The number of sulfone groups is 1. The Kier molecular flexibility index (Phi) is 4.45. The molecule has 1 unspecified atom stereocenters. The fourth-order valence-corrected chi connectivity index (χ4v) is 3.83. The number of benzene rings is 1. The van der Waals surface area contributed by atoms with Gasteiger partial charge in [0.15, 0.2) is 9.84 Å². The number of carbonyl (C=O) groups is 1. The molecule has 1 N–H and O–H groups in total. The van der Waals surface area contributed by atoms with E-state index in [-0.39, 0.29) is 17.7 Å². The topological polar surface area (TPSA) is 81.1 Å². The number of amides is 1. The van der Waals surface area contributed by atoms with Crippen LogP contribution in [0.1, 0.15) is 33.9 Å². The second-order valence-electron chi connectivity index (χ2n) is 6.43. The van der Waals surface area contributed by atoms with Crippen molar-refractivity contribution in [1.82, 2.24) is 14.9 Å². The molecule has 0 saturated carbocycles. The summed E-state index contributed by atoms with van der Waals surface area (Å²) in [5, 5.41) is 3.05. The van der Waals surface area contributed by atoms with Gasteiger partial charge in [0.2, 0.25) is 0 Å². The quantitative estimate of drug-likeness (QED) is 0.908. The molecule has 0 bridgehead atoms. The van der Waals surface area contributed by atoms with Gasteiger partial charge in [0, 0.05) is 37.0 Å². The van der Waals surface area contributed by atoms with Crippen molar-refractivity contribution in [2.75, 3.05) is 6.26 Å². The minimum atomic E-state index is -3.07. The van der Waals surface area contributed by atoms with E-state index >= 15 is 0 Å². The first-order chi connectivity index (χ1) is 11.3. The molecule has 3 rings (SSSR count). The average molecular weight is 347 g/mol. The second-order valence-corrected chi connectivity index (χ2v) is 8.57. The van der Waals surface area contributed by atoms with Crippen LogP contribution in [0.2, 0.25) is 0 Å². The van der Waals surface area contributed by atoms with E-state index < -0.39 is 9.84 Å². The highest BCUT2D eigenvalue weighted by Gasteiger charge is 2.21. The smallest absolute Gasteiger partial charge is 0.251 e. The third kappa shape index (κ3) is 4.03. The summed E-state index contributed by atoms with van der Waals surface area (Å²) in [5.74, 6) is 0.926. The summed E-state index contributed by atoms with van der Waals surface area (Å²) in [6.07, 6.45) is 4.93. The molecule has 0 radical (unpaired) electrons. The zero-order valence-electron chi connectivity index (χ0n) is 13.8. The largest absolute Gasteiger partial charge is 0.347 e. The number of imidazole rings is 1. The first-order valence-electron chi connectivity index (χ1n) is 7.90. The lowest BCUT2D eigenvalue weighted by Crippen LogP contribution is -2.40. The van der Waals surface area contributed by atoms with Crippen molar-refractivity contribution in [3.8, 4) is 0 Å². The van der Waals surface area contributed by atoms with Crippen LogP contribution >= 0.6 is 0 Å². The highest BCUT2D eigenvalue weighted by Crippen LogP contribution is 2.16. The summed E-state index contributed by atoms with van der Waals surface area (Å²) in [6, 6.07) is 6.80. The first kappa shape index (κ1) is 16.7. The number of rotatable bonds is 4. The number of carbonyl (C=O) groups excluding carboxylic acids is 1. The standard InChI is InChI=1S/C17H21N3O3S/c1-12-9-20-10-15(7-8-16(20)18-12)19-17(21)14-5-3-13(4-6-14)11-24(2,22)23/h3-6,9,15H,7-8,10-11H2,1-2H3,(H,19,21). The van der Waals surface area contributed by atoms with Crippen LogP contribution in [0.4, 0.5) is 0 Å². The Morgan fingerprint density at radius 3 is 2.71 bits per heavy atom. The minimum absolute atomic E-state index is 0.0136. The Morgan fingerprint density at radius 2 is 2.04 bits per heavy atom. The predicted octanol–water partition coefficient (Wildman–Crippen LogP) is 1.48. The van der Waals surface area contributed by atoms with Gasteiger partial charge in [-0.15, -0.1) is 0 Å². The van der Waals surface area contributed by atoms with Gasteiger partial charge in [0.1, 0.15) is 5.82 Å². The second kappa shape index (κ2) is 6.39. The Morgan fingerprint density at radius 1 is 1.33 bits per heavy atom. The lowest BCUT2D eigenvalue weighted by atomic mass is 10.1. The number of aryl methyl sites for hydroxylation is 2. The number of hydrogen-bond donors (Lipinski definition) is 1. The number of fused-ring (bicyclic) bond motifs is 1. The van der Waals surface area contributed by atoms with Crippen molar-refractivity contribution in [2.45, 2.75) is 38.1 Å². The van der Waals surface area contributed by atoms with Gasteiger partial charge >= 0.3 is 0 Å². The number of nitrogens with one attached hydrogen (secondary N) is 1. The predicted molar refractivity (Wildman–Crippen MR) is 91.5 cm³/mol. The summed E-state index contributed by atoms with van der Waals surface area (Å²) in [4.78, 5) is 16.8. The third-order valence-corrected chi connectivity index (χ3v) is 4.95. The molecule has 2 heterocycles. The molecule has 1 amide bonds. The van der Waals surface area contributed by atoms with E-state index in [0.29, 0.717) is 11.1 Å². The maximum Gasteiger partial charge on any atom is 0.251 e. The fraction of sp³-hybridized carbons (Fsp3) is 0.412. The molecule has 0 spiro atoms. The summed E-state index contributed by atoms with van der Waals surface area (Å²) in [7, 11) is -3.07. The van der Waals surface area contributed by atoms with E-state index in [9.17, 15) is 13.2 Å². The third-order valence-electron chi connectivity index (χ3n) is 4.09. The van der Waals surface area contributed by atoms with Gasteiger partial charge < -0.3 is 9.88 Å². The van der Waals surface area contributed by atoms with Crippen LogP contribution in [0, 0.1) is 6.92 Å². The molecule has 1 aliphatic heterocycles. The van der Waals surface area contributed by atoms with E-state index in [1.54, 1.807) is 24.3 Å². The Labute approximate surface area is 141 Å². The number of aromatic nitrogens is 2. The number of hydrogen-bond acceptors (Lipinski definition) is 4. The van der Waals surface area contributed by atoms with E-state index in [4.69, 9.17) is 0 Å². The molecular formula is C17H21N3O3S. The van der Waals surface area contributed by atoms with Gasteiger partial charge in [-0.25, -0.2) is 13.4 Å². The maximum atomic E-state index is 12.4. The lowest BCUT2D eigenvalue weighted by Gasteiger charge is -2.24. The Hall–Kier alpha value is -2.15. The van der Waals surface area contributed by atoms with Crippen molar-refractivity contribution in [2.24, 2.45) is 0 Å². The van der Waals surface area contributed by atoms with Gasteiger partial charge in [-0.3, -0.25) is 4.79 Å². The van der Waals surface area contributed by atoms with Gasteiger partial charge in [-0.2, -0.15) is 0 Å². The highest BCUT2D eigenvalue weighted by atomic mass is 32.2. The zero-order chi connectivity index (χ0) is 17.3. The molecule has 1 aromatic carbocycles. The van der Waals surface area contributed by atoms with Crippen LogP contribution in [0.15, 0.2) is 30.5 Å². The minimum Gasteiger partial charge on any atom is -0.347 e. The van der Waals surface area contributed by atoms with Gasteiger partial charge in [-0.05, 0) is 31.0 Å². The molecule has 0 aliphatic carbocycles. The van der Waals surface area contributed by atoms with Crippen molar-refractivity contribution in [1.29, 1.82) is 0 Å². The summed E-state index contributed by atoms with van der Waals surface area (Å²) < 4.78 is 24.7. The van der Waals surface area contributed by atoms with Crippen molar-refractivity contribution in [3.63, 3.8) is 0 Å². The average Bonchev–Trinajstić information content (AvgIpc) is 2.85. The van der Waals surface area contributed by atoms with Gasteiger partial charge in [-0.1, -0.05) is 12.1 Å². The molecule has 0 fully saturated rings. The van der Waals surface area contributed by atoms with E-state index in [1.165, 1.54) is 6.26 Å². The zero-order valence-corrected chi connectivity index (χ0v) is 14.6. The van der Waals surface area contributed by atoms with Crippen LogP contribution in [0.5, 0.6) is 0 Å². The van der Waals surface area contributed by atoms with Crippen LogP contribution in [-0.2, 0) is 28.6 Å². The van der Waals surface area contributed by atoms with E-state index in [0.717, 1.165) is 30.9 Å². The van der Waals surface area contributed by atoms with Gasteiger partial charge in [0.05, 0.1) is 11.4 Å². The first-order valence-corrected chi connectivity index (χ1v) is 9.96. The maximum absolute atomic E-state index is 12.4. The molecule has 128 valence electrons. The molecule has 7 heteroatoms. The van der Waals surface area contributed by atoms with E-state index in [2.05, 4.69) is 14.9 Å². The van der Waals surface area contributed by atoms with Crippen molar-refractivity contribution < 1.29 is 13.2 Å². The molecule has 1 atom stereocenters. The molecule has 24 heavy (non-hydrogen) atoms. The van der Waals surface area contributed by atoms with Crippen LogP contribution in [-0.4, -0.2) is 36.2 Å². The summed E-state index contributed by atoms with van der Waals surface area (Å²) >= 11 is 0. The normalized spacial score (nSPS) is 17.3. The molecule has 2 aromatic rings. The van der Waals surface area contributed by atoms with Crippen LogP contribution < -0.4 is 5.32 Å². The molecule has 1 aliphatic rings.